The van der Waals surface area contributed by atoms with Gasteiger partial charge in [0.05, 0.1) is 26.2 Å². The van der Waals surface area contributed by atoms with Gasteiger partial charge in [0.15, 0.2) is 0 Å². The molecule has 0 spiro atoms. The Balaban J connectivity index is -0.00000200. The fourth-order valence-corrected chi connectivity index (χ4v) is 2.80. The van der Waals surface area contributed by atoms with Crippen molar-refractivity contribution in [2.75, 3.05) is 26.2 Å². The van der Waals surface area contributed by atoms with Gasteiger partial charge in [-0.2, -0.15) is 0 Å². The Morgan fingerprint density at radius 1 is 0.478 bits per heavy atom. The smallest absolute Gasteiger partial charge is 0.0789 e. The topological polar surface area (TPSA) is 61.5 Å². The maximum Gasteiger partial charge on any atom is 0.0789 e. The Hall–Kier alpha value is -0.120. The number of rotatable bonds is 12. The molecule has 0 atom stereocenters. The molecule has 0 radical (unpaired) electrons. The third kappa shape index (κ3) is 15.2. The van der Waals surface area contributed by atoms with Crippen molar-refractivity contribution in [1.29, 1.82) is 0 Å². The molecule has 0 amide bonds. The zero-order valence-electron chi connectivity index (χ0n) is 17.4. The lowest BCUT2D eigenvalue weighted by molar-refractivity contribution is -0.930. The second-order valence-corrected chi connectivity index (χ2v) is 8.97. The summed E-state index contributed by atoms with van der Waals surface area (Å²) in [5, 5.41) is 0. The van der Waals surface area contributed by atoms with Crippen LogP contribution in [-0.2, 0) is 0 Å². The van der Waals surface area contributed by atoms with Gasteiger partial charge in [-0.3, -0.25) is 0 Å². The van der Waals surface area contributed by atoms with E-state index < -0.39 is 0 Å². The number of hydrogen-bond donors (Lipinski definition) is 0. The molecule has 23 heavy (non-hydrogen) atoms. The maximum atomic E-state index is 2.38. The first-order valence-corrected chi connectivity index (χ1v) is 9.52. The molecule has 0 aromatic heterocycles. The molecule has 0 aliphatic heterocycles. The molecule has 3 N–H and O–H groups in total. The number of nitrogens with zero attached hydrogens (tertiary/aromatic N) is 1. The van der Waals surface area contributed by atoms with Crippen LogP contribution in [0.2, 0.25) is 0 Å². The summed E-state index contributed by atoms with van der Waals surface area (Å²) in [6.07, 6.45) is 5.53. The van der Waals surface area contributed by atoms with Crippen LogP contribution in [0.1, 0.15) is 81.1 Å². The first-order valence-electron chi connectivity index (χ1n) is 9.52. The highest BCUT2D eigenvalue weighted by atomic mass is 16.0. The summed E-state index contributed by atoms with van der Waals surface area (Å²) in [6.45, 7) is 24.6. The Kier molecular flexibility index (Phi) is 17.2. The Bertz CT molecular complexity index is 197. The predicted molar refractivity (Wildman–Crippen MR) is 103 cm³/mol. The molecule has 0 heterocycles. The summed E-state index contributed by atoms with van der Waals surface area (Å²) in [5.74, 6) is 3.33. The molecular weight excluding hydrogens is 286 g/mol. The minimum Gasteiger partial charge on any atom is -0.870 e. The van der Waals surface area contributed by atoms with Gasteiger partial charge in [0.25, 0.3) is 0 Å². The van der Waals surface area contributed by atoms with E-state index >= 15 is 0 Å². The van der Waals surface area contributed by atoms with Crippen LogP contribution in [-0.4, -0.2) is 41.6 Å². The summed E-state index contributed by atoms with van der Waals surface area (Å²) < 4.78 is 1.38. The lowest BCUT2D eigenvalue weighted by Gasteiger charge is -2.41. The highest BCUT2D eigenvalue weighted by Crippen LogP contribution is 2.21. The quantitative estimate of drug-likeness (QED) is 0.464. The van der Waals surface area contributed by atoms with E-state index in [-0.39, 0.29) is 11.0 Å². The van der Waals surface area contributed by atoms with Crippen LogP contribution < -0.4 is 0 Å². The molecule has 0 saturated heterocycles. The molecule has 0 fully saturated rings. The van der Waals surface area contributed by atoms with Crippen molar-refractivity contribution in [3.63, 3.8) is 0 Å². The molecular formula is C20H47NO2. The van der Waals surface area contributed by atoms with Crippen LogP contribution in [0.3, 0.4) is 0 Å². The van der Waals surface area contributed by atoms with Crippen LogP contribution in [0, 0.1) is 23.7 Å². The van der Waals surface area contributed by atoms with Crippen molar-refractivity contribution in [2.45, 2.75) is 81.1 Å². The monoisotopic (exact) mass is 333 g/mol. The predicted octanol–water partition coefficient (Wildman–Crippen LogP) is 4.99. The number of hydrogen-bond acceptors (Lipinski definition) is 1. The van der Waals surface area contributed by atoms with Crippen LogP contribution in [0.5, 0.6) is 0 Å². The SMILES string of the molecule is CC(C)CC[N+](CCC(C)C)(CCC(C)C)CCC(C)C.O.[OH-]. The van der Waals surface area contributed by atoms with Gasteiger partial charge in [-0.05, 0) is 49.4 Å². The third-order valence-corrected chi connectivity index (χ3v) is 4.72. The summed E-state index contributed by atoms with van der Waals surface area (Å²) in [5.41, 5.74) is 0. The molecule has 0 unspecified atom stereocenters. The molecule has 0 bridgehead atoms. The zero-order chi connectivity index (χ0) is 16.5. The summed E-state index contributed by atoms with van der Waals surface area (Å²) in [4.78, 5) is 0. The second kappa shape index (κ2) is 14.2. The molecule has 0 aliphatic carbocycles. The van der Waals surface area contributed by atoms with Gasteiger partial charge in [-0.15, -0.1) is 0 Å². The van der Waals surface area contributed by atoms with Gasteiger partial charge in [0.1, 0.15) is 0 Å². The molecule has 0 saturated carbocycles. The van der Waals surface area contributed by atoms with E-state index in [4.69, 9.17) is 0 Å². The van der Waals surface area contributed by atoms with Crippen molar-refractivity contribution in [1.82, 2.24) is 0 Å². The van der Waals surface area contributed by atoms with E-state index in [1.165, 1.54) is 56.3 Å². The molecule has 0 aliphatic rings. The van der Waals surface area contributed by atoms with Gasteiger partial charge >= 0.3 is 0 Å². The van der Waals surface area contributed by atoms with Crippen LogP contribution in [0.4, 0.5) is 0 Å². The second-order valence-electron chi connectivity index (χ2n) is 8.97. The van der Waals surface area contributed by atoms with E-state index in [0.29, 0.717) is 0 Å². The lowest BCUT2D eigenvalue weighted by Crippen LogP contribution is -2.52. The van der Waals surface area contributed by atoms with Gasteiger partial charge in [0.2, 0.25) is 0 Å². The van der Waals surface area contributed by atoms with Crippen LogP contribution in [0.15, 0.2) is 0 Å². The average Bonchev–Trinajstić information content (AvgIpc) is 2.36. The standard InChI is InChI=1S/C20H44N.2H2O/c1-17(2)9-13-21(14-10-18(3)4,15-11-19(5)6)16-12-20(7)8;;/h17-20H,9-16H2,1-8H3;2*1H2/q+1;;/p-1. The lowest BCUT2D eigenvalue weighted by atomic mass is 10.0. The fraction of sp³-hybridized carbons (Fsp3) is 1.00. The van der Waals surface area contributed by atoms with E-state index in [1.807, 2.05) is 0 Å². The summed E-state index contributed by atoms with van der Waals surface area (Å²) >= 11 is 0. The fourth-order valence-electron chi connectivity index (χ4n) is 2.80. The van der Waals surface area contributed by atoms with Crippen molar-refractivity contribution < 1.29 is 15.4 Å². The molecule has 3 heteroatoms. The van der Waals surface area contributed by atoms with Crippen LogP contribution >= 0.6 is 0 Å². The van der Waals surface area contributed by atoms with Crippen molar-refractivity contribution in [3.05, 3.63) is 0 Å². The normalized spacial score (nSPS) is 12.0. The molecule has 3 nitrogen and oxygen atoms in total. The van der Waals surface area contributed by atoms with Gasteiger partial charge in [0, 0.05) is 0 Å². The zero-order valence-corrected chi connectivity index (χ0v) is 17.4. The van der Waals surface area contributed by atoms with Crippen molar-refractivity contribution >= 4 is 0 Å². The van der Waals surface area contributed by atoms with Crippen LogP contribution in [0.25, 0.3) is 0 Å². The molecule has 144 valence electrons. The summed E-state index contributed by atoms with van der Waals surface area (Å²) in [6, 6.07) is 0. The number of quaternary nitrogens is 1. The van der Waals surface area contributed by atoms with Gasteiger partial charge in [-0.1, -0.05) is 55.4 Å². The van der Waals surface area contributed by atoms with E-state index in [9.17, 15) is 0 Å². The van der Waals surface area contributed by atoms with Crippen molar-refractivity contribution in [2.24, 2.45) is 23.7 Å². The molecule has 0 aromatic rings. The van der Waals surface area contributed by atoms with Gasteiger partial charge < -0.3 is 15.4 Å². The van der Waals surface area contributed by atoms with E-state index in [2.05, 4.69) is 55.4 Å². The highest BCUT2D eigenvalue weighted by Gasteiger charge is 2.27. The highest BCUT2D eigenvalue weighted by molar-refractivity contribution is 4.56. The Labute approximate surface area is 147 Å². The Morgan fingerprint density at radius 3 is 0.783 bits per heavy atom. The van der Waals surface area contributed by atoms with E-state index in [1.54, 1.807) is 0 Å². The van der Waals surface area contributed by atoms with Crippen molar-refractivity contribution in [3.8, 4) is 0 Å². The summed E-state index contributed by atoms with van der Waals surface area (Å²) in [7, 11) is 0. The average molecular weight is 334 g/mol. The first kappa shape index (κ1) is 27.7. The largest absolute Gasteiger partial charge is 0.870 e. The third-order valence-electron chi connectivity index (χ3n) is 4.72. The van der Waals surface area contributed by atoms with E-state index in [0.717, 1.165) is 23.7 Å². The minimum atomic E-state index is 0. The van der Waals surface area contributed by atoms with Gasteiger partial charge in [-0.25, -0.2) is 0 Å². The molecule has 0 aromatic carbocycles. The maximum absolute atomic E-state index is 2.38. The first-order chi connectivity index (χ1) is 9.67. The minimum absolute atomic E-state index is 0. The Morgan fingerprint density at radius 2 is 0.652 bits per heavy atom. The molecule has 0 rings (SSSR count).